The SMILES string of the molecule is CN(C)c1ccc(CNC(=O)/C=C/c2ccc([N+](=O)[O-])cc2)cc1. The van der Waals surface area contributed by atoms with Crippen molar-refractivity contribution in [2.24, 2.45) is 0 Å². The quantitative estimate of drug-likeness (QED) is 0.503. The van der Waals surface area contributed by atoms with Crippen molar-refractivity contribution >= 4 is 23.4 Å². The van der Waals surface area contributed by atoms with E-state index in [1.54, 1.807) is 18.2 Å². The van der Waals surface area contributed by atoms with E-state index in [9.17, 15) is 14.9 Å². The number of anilines is 1. The molecule has 0 aromatic heterocycles. The van der Waals surface area contributed by atoms with E-state index in [4.69, 9.17) is 0 Å². The third-order valence-corrected chi connectivity index (χ3v) is 3.45. The maximum absolute atomic E-state index is 11.8. The predicted octanol–water partition coefficient (Wildman–Crippen LogP) is 2.99. The Bertz CT molecular complexity index is 735. The van der Waals surface area contributed by atoms with Crippen LogP contribution in [0, 0.1) is 10.1 Å². The number of nitro benzene ring substituents is 1. The lowest BCUT2D eigenvalue weighted by molar-refractivity contribution is -0.384. The molecule has 0 fully saturated rings. The zero-order chi connectivity index (χ0) is 17.5. The van der Waals surface area contributed by atoms with Crippen molar-refractivity contribution < 1.29 is 9.72 Å². The third-order valence-electron chi connectivity index (χ3n) is 3.45. The first-order valence-electron chi connectivity index (χ1n) is 7.42. The van der Waals surface area contributed by atoms with Crippen LogP contribution in [0.4, 0.5) is 11.4 Å². The van der Waals surface area contributed by atoms with Crippen molar-refractivity contribution in [3.63, 3.8) is 0 Å². The number of amides is 1. The lowest BCUT2D eigenvalue weighted by Gasteiger charge is -2.12. The molecule has 0 spiro atoms. The van der Waals surface area contributed by atoms with Crippen LogP contribution in [0.2, 0.25) is 0 Å². The van der Waals surface area contributed by atoms with Gasteiger partial charge < -0.3 is 10.2 Å². The summed E-state index contributed by atoms with van der Waals surface area (Å²) in [5.41, 5.74) is 2.87. The van der Waals surface area contributed by atoms with Gasteiger partial charge in [-0.1, -0.05) is 12.1 Å². The van der Waals surface area contributed by atoms with Crippen molar-refractivity contribution in [1.29, 1.82) is 0 Å². The normalized spacial score (nSPS) is 10.6. The maximum atomic E-state index is 11.8. The largest absolute Gasteiger partial charge is 0.378 e. The number of benzene rings is 2. The van der Waals surface area contributed by atoms with E-state index >= 15 is 0 Å². The van der Waals surface area contributed by atoms with Gasteiger partial charge in [-0.05, 0) is 41.5 Å². The summed E-state index contributed by atoms with van der Waals surface area (Å²) in [5.74, 6) is -0.218. The topological polar surface area (TPSA) is 75.5 Å². The molecule has 0 saturated carbocycles. The van der Waals surface area contributed by atoms with Gasteiger partial charge in [-0.3, -0.25) is 14.9 Å². The van der Waals surface area contributed by atoms with E-state index in [1.165, 1.54) is 18.2 Å². The summed E-state index contributed by atoms with van der Waals surface area (Å²) in [5, 5.41) is 13.4. The van der Waals surface area contributed by atoms with Gasteiger partial charge in [0.15, 0.2) is 0 Å². The smallest absolute Gasteiger partial charge is 0.269 e. The third kappa shape index (κ3) is 4.95. The van der Waals surface area contributed by atoms with E-state index in [-0.39, 0.29) is 11.6 Å². The minimum Gasteiger partial charge on any atom is -0.378 e. The van der Waals surface area contributed by atoms with Crippen LogP contribution in [0.1, 0.15) is 11.1 Å². The van der Waals surface area contributed by atoms with Crippen LogP contribution in [-0.4, -0.2) is 24.9 Å². The molecule has 0 heterocycles. The minimum atomic E-state index is -0.457. The van der Waals surface area contributed by atoms with Crippen molar-refractivity contribution in [2.75, 3.05) is 19.0 Å². The number of nitrogens with one attached hydrogen (secondary N) is 1. The Kier molecular flexibility index (Phi) is 5.68. The van der Waals surface area contributed by atoms with Crippen molar-refractivity contribution in [2.45, 2.75) is 6.54 Å². The van der Waals surface area contributed by atoms with E-state index in [0.29, 0.717) is 6.54 Å². The first kappa shape index (κ1) is 17.2. The molecule has 1 N–H and O–H groups in total. The number of nitro groups is 1. The molecular formula is C18H19N3O3. The van der Waals surface area contributed by atoms with Crippen LogP contribution in [0.5, 0.6) is 0 Å². The molecule has 2 aromatic rings. The Morgan fingerprint density at radius 2 is 1.75 bits per heavy atom. The van der Waals surface area contributed by atoms with Crippen molar-refractivity contribution in [1.82, 2.24) is 5.32 Å². The van der Waals surface area contributed by atoms with Gasteiger partial charge in [0.1, 0.15) is 0 Å². The second kappa shape index (κ2) is 7.92. The fourth-order valence-corrected chi connectivity index (χ4v) is 2.04. The molecule has 0 saturated heterocycles. The summed E-state index contributed by atoms with van der Waals surface area (Å²) in [6.07, 6.45) is 3.03. The number of non-ortho nitro benzene ring substituents is 1. The molecule has 6 nitrogen and oxygen atoms in total. The van der Waals surface area contributed by atoms with Gasteiger partial charge >= 0.3 is 0 Å². The highest BCUT2D eigenvalue weighted by atomic mass is 16.6. The molecule has 0 unspecified atom stereocenters. The highest BCUT2D eigenvalue weighted by Gasteiger charge is 2.03. The number of carbonyl (C=O) groups is 1. The zero-order valence-electron chi connectivity index (χ0n) is 13.6. The fraction of sp³-hybridized carbons (Fsp3) is 0.167. The summed E-state index contributed by atoms with van der Waals surface area (Å²) >= 11 is 0. The summed E-state index contributed by atoms with van der Waals surface area (Å²) in [7, 11) is 3.94. The van der Waals surface area contributed by atoms with Gasteiger partial charge in [-0.25, -0.2) is 0 Å². The molecule has 0 radical (unpaired) electrons. The van der Waals surface area contributed by atoms with Gasteiger partial charge in [0.05, 0.1) is 4.92 Å². The first-order chi connectivity index (χ1) is 11.5. The summed E-state index contributed by atoms with van der Waals surface area (Å²) in [6.45, 7) is 0.442. The van der Waals surface area contributed by atoms with E-state index in [0.717, 1.165) is 16.8 Å². The Morgan fingerprint density at radius 1 is 1.12 bits per heavy atom. The van der Waals surface area contributed by atoms with Gasteiger partial charge in [0, 0.05) is 44.5 Å². The molecule has 0 aliphatic heterocycles. The minimum absolute atomic E-state index is 0.0257. The summed E-state index contributed by atoms with van der Waals surface area (Å²) in [4.78, 5) is 24.0. The molecule has 0 aliphatic carbocycles. The van der Waals surface area contributed by atoms with Gasteiger partial charge in [0.2, 0.25) is 5.91 Å². The van der Waals surface area contributed by atoms with Crippen LogP contribution in [0.25, 0.3) is 6.08 Å². The highest BCUT2D eigenvalue weighted by molar-refractivity contribution is 5.91. The Balaban J connectivity index is 1.87. The predicted molar refractivity (Wildman–Crippen MR) is 94.7 cm³/mol. The van der Waals surface area contributed by atoms with Crippen LogP contribution in [0.15, 0.2) is 54.6 Å². The van der Waals surface area contributed by atoms with Crippen LogP contribution in [0.3, 0.4) is 0 Å². The van der Waals surface area contributed by atoms with E-state index < -0.39 is 4.92 Å². The van der Waals surface area contributed by atoms with Crippen LogP contribution >= 0.6 is 0 Å². The summed E-state index contributed by atoms with van der Waals surface area (Å²) < 4.78 is 0. The highest BCUT2D eigenvalue weighted by Crippen LogP contribution is 2.13. The molecular weight excluding hydrogens is 306 g/mol. The van der Waals surface area contributed by atoms with Crippen LogP contribution in [-0.2, 0) is 11.3 Å². The monoisotopic (exact) mass is 325 g/mol. The van der Waals surface area contributed by atoms with E-state index in [2.05, 4.69) is 5.32 Å². The number of rotatable bonds is 6. The molecule has 0 aliphatic rings. The molecule has 1 amide bonds. The standard InChI is InChI=1S/C18H19N3O3/c1-20(2)16-8-5-15(6-9-16)13-19-18(22)12-7-14-3-10-17(11-4-14)21(23)24/h3-12H,13H2,1-2H3,(H,19,22)/b12-7+. The number of hydrogen-bond donors (Lipinski definition) is 1. The maximum Gasteiger partial charge on any atom is 0.269 e. The molecule has 2 aromatic carbocycles. The average Bonchev–Trinajstić information content (AvgIpc) is 2.58. The fourth-order valence-electron chi connectivity index (χ4n) is 2.04. The summed E-state index contributed by atoms with van der Waals surface area (Å²) in [6, 6.07) is 13.9. The number of carbonyl (C=O) groups excluding carboxylic acids is 1. The van der Waals surface area contributed by atoms with Crippen molar-refractivity contribution in [3.8, 4) is 0 Å². The van der Waals surface area contributed by atoms with Gasteiger partial charge in [-0.2, -0.15) is 0 Å². The lowest BCUT2D eigenvalue weighted by atomic mass is 10.2. The molecule has 6 heteroatoms. The molecule has 2 rings (SSSR count). The zero-order valence-corrected chi connectivity index (χ0v) is 13.6. The lowest BCUT2D eigenvalue weighted by Crippen LogP contribution is -2.20. The number of hydrogen-bond acceptors (Lipinski definition) is 4. The number of nitrogens with zero attached hydrogens (tertiary/aromatic N) is 2. The molecule has 0 atom stereocenters. The Hall–Kier alpha value is -3.15. The first-order valence-corrected chi connectivity index (χ1v) is 7.42. The van der Waals surface area contributed by atoms with Gasteiger partial charge in [-0.15, -0.1) is 0 Å². The molecule has 124 valence electrons. The van der Waals surface area contributed by atoms with Crippen LogP contribution < -0.4 is 10.2 Å². The van der Waals surface area contributed by atoms with Gasteiger partial charge in [0.25, 0.3) is 5.69 Å². The Morgan fingerprint density at radius 3 is 2.29 bits per heavy atom. The molecule has 24 heavy (non-hydrogen) atoms. The Labute approximate surface area is 140 Å². The van der Waals surface area contributed by atoms with Crippen molar-refractivity contribution in [3.05, 3.63) is 75.8 Å². The second-order valence-corrected chi connectivity index (χ2v) is 5.46. The van der Waals surface area contributed by atoms with E-state index in [1.807, 2.05) is 43.3 Å². The average molecular weight is 325 g/mol. The second-order valence-electron chi connectivity index (χ2n) is 5.46. The molecule has 0 bridgehead atoms.